The van der Waals surface area contributed by atoms with Crippen LogP contribution in [0.4, 0.5) is 13.2 Å². The van der Waals surface area contributed by atoms with Crippen LogP contribution in [0.1, 0.15) is 38.5 Å². The number of hydrogen-bond acceptors (Lipinski definition) is 2. The van der Waals surface area contributed by atoms with E-state index in [0.29, 0.717) is 12.5 Å². The third-order valence-corrected chi connectivity index (χ3v) is 3.63. The van der Waals surface area contributed by atoms with E-state index in [1.807, 2.05) is 0 Å². The van der Waals surface area contributed by atoms with Crippen LogP contribution < -0.4 is 10.6 Å². The van der Waals surface area contributed by atoms with E-state index in [1.165, 1.54) is 0 Å². The van der Waals surface area contributed by atoms with Crippen molar-refractivity contribution in [2.24, 2.45) is 5.92 Å². The molecule has 18 heavy (non-hydrogen) atoms. The minimum Gasteiger partial charge on any atom is -0.352 e. The predicted octanol–water partition coefficient (Wildman–Crippen LogP) is 1.98. The molecule has 3 nitrogen and oxygen atoms in total. The lowest BCUT2D eigenvalue weighted by atomic mass is 9.85. The third kappa shape index (κ3) is 4.15. The molecule has 0 bridgehead atoms. The van der Waals surface area contributed by atoms with Crippen LogP contribution >= 0.6 is 0 Å². The number of nitrogens with one attached hydrogen (secondary N) is 2. The van der Waals surface area contributed by atoms with Crippen molar-refractivity contribution in [1.29, 1.82) is 0 Å². The summed E-state index contributed by atoms with van der Waals surface area (Å²) in [4.78, 5) is 11.4. The van der Waals surface area contributed by atoms with E-state index in [1.54, 1.807) is 0 Å². The Morgan fingerprint density at radius 2 is 1.83 bits per heavy atom. The van der Waals surface area contributed by atoms with Gasteiger partial charge in [-0.3, -0.25) is 4.79 Å². The topological polar surface area (TPSA) is 41.1 Å². The second-order valence-electron chi connectivity index (χ2n) is 5.32. The smallest absolute Gasteiger partial charge is 0.352 e. The molecule has 2 aliphatic carbocycles. The van der Waals surface area contributed by atoms with E-state index >= 15 is 0 Å². The van der Waals surface area contributed by atoms with Gasteiger partial charge in [-0.15, -0.1) is 0 Å². The highest BCUT2D eigenvalue weighted by molar-refractivity contribution is 5.78. The van der Waals surface area contributed by atoms with Crippen molar-refractivity contribution in [1.82, 2.24) is 10.6 Å². The van der Waals surface area contributed by atoms with Gasteiger partial charge in [0.05, 0.1) is 12.5 Å². The number of amides is 1. The Hall–Kier alpha value is -0.780. The molecule has 0 spiro atoms. The number of hydrogen-bond donors (Lipinski definition) is 2. The van der Waals surface area contributed by atoms with Crippen LogP contribution in [0, 0.1) is 5.92 Å². The average molecular weight is 264 g/mol. The second kappa shape index (κ2) is 5.47. The SMILES string of the molecule is O=C(CNC1CCCC(C(F)(F)F)C1)NC1CC1. The van der Waals surface area contributed by atoms with Gasteiger partial charge < -0.3 is 10.6 Å². The highest BCUT2D eigenvalue weighted by Gasteiger charge is 2.42. The first-order chi connectivity index (χ1) is 8.45. The Balaban J connectivity index is 1.70. The van der Waals surface area contributed by atoms with Gasteiger partial charge in [0.2, 0.25) is 5.91 Å². The zero-order chi connectivity index (χ0) is 13.2. The zero-order valence-corrected chi connectivity index (χ0v) is 10.2. The maximum absolute atomic E-state index is 12.6. The molecule has 0 aliphatic heterocycles. The van der Waals surface area contributed by atoms with Crippen molar-refractivity contribution in [3.63, 3.8) is 0 Å². The second-order valence-corrected chi connectivity index (χ2v) is 5.32. The molecule has 6 heteroatoms. The van der Waals surface area contributed by atoms with E-state index in [2.05, 4.69) is 10.6 Å². The standard InChI is InChI=1S/C12H19F3N2O/c13-12(14,15)8-2-1-3-10(6-8)16-7-11(18)17-9-4-5-9/h8-10,16H,1-7H2,(H,17,18). The summed E-state index contributed by atoms with van der Waals surface area (Å²) in [6, 6.07) is 0.115. The van der Waals surface area contributed by atoms with Crippen molar-refractivity contribution < 1.29 is 18.0 Å². The number of alkyl halides is 3. The molecule has 104 valence electrons. The Bertz CT molecular complexity index is 302. The van der Waals surface area contributed by atoms with E-state index in [4.69, 9.17) is 0 Å². The summed E-state index contributed by atoms with van der Waals surface area (Å²) in [5.41, 5.74) is 0. The van der Waals surface area contributed by atoms with Gasteiger partial charge >= 0.3 is 6.18 Å². The van der Waals surface area contributed by atoms with Gasteiger partial charge in [-0.25, -0.2) is 0 Å². The molecule has 2 atom stereocenters. The fourth-order valence-electron chi connectivity index (χ4n) is 2.42. The summed E-state index contributed by atoms with van der Waals surface area (Å²) in [7, 11) is 0. The molecule has 2 saturated carbocycles. The van der Waals surface area contributed by atoms with Gasteiger partial charge in [0, 0.05) is 12.1 Å². The molecule has 2 rings (SSSR count). The Labute approximate surface area is 104 Å². The van der Waals surface area contributed by atoms with Crippen molar-refractivity contribution in [2.45, 2.75) is 56.8 Å². The quantitative estimate of drug-likeness (QED) is 0.815. The number of carbonyl (C=O) groups excluding carboxylic acids is 1. The normalized spacial score (nSPS) is 29.1. The van der Waals surface area contributed by atoms with Crippen LogP contribution in [0.2, 0.25) is 0 Å². The summed E-state index contributed by atoms with van der Waals surface area (Å²) in [5.74, 6) is -1.32. The maximum Gasteiger partial charge on any atom is 0.391 e. The molecular formula is C12H19F3N2O. The number of halogens is 3. The first-order valence-electron chi connectivity index (χ1n) is 6.54. The fraction of sp³-hybridized carbons (Fsp3) is 0.917. The lowest BCUT2D eigenvalue weighted by Gasteiger charge is -2.31. The van der Waals surface area contributed by atoms with Crippen LogP contribution in [0.3, 0.4) is 0 Å². The van der Waals surface area contributed by atoms with Gasteiger partial charge in [-0.1, -0.05) is 6.42 Å². The molecule has 2 unspecified atom stereocenters. The van der Waals surface area contributed by atoms with Crippen LogP contribution in [-0.4, -0.2) is 30.7 Å². The maximum atomic E-state index is 12.6. The van der Waals surface area contributed by atoms with Gasteiger partial charge in [0.1, 0.15) is 0 Å². The van der Waals surface area contributed by atoms with Crippen molar-refractivity contribution >= 4 is 5.91 Å². The van der Waals surface area contributed by atoms with Crippen LogP contribution in [0.5, 0.6) is 0 Å². The third-order valence-electron chi connectivity index (χ3n) is 3.63. The first-order valence-corrected chi connectivity index (χ1v) is 6.54. The molecule has 1 amide bonds. The summed E-state index contributed by atoms with van der Waals surface area (Å²) in [6.07, 6.45) is -0.446. The monoisotopic (exact) mass is 264 g/mol. The van der Waals surface area contributed by atoms with Crippen molar-refractivity contribution in [2.75, 3.05) is 6.54 Å². The minimum atomic E-state index is -4.10. The highest BCUT2D eigenvalue weighted by Crippen LogP contribution is 2.37. The number of carbonyl (C=O) groups is 1. The number of rotatable bonds is 4. The zero-order valence-electron chi connectivity index (χ0n) is 10.2. The Morgan fingerprint density at radius 3 is 2.44 bits per heavy atom. The minimum absolute atomic E-state index is 0.0974. The molecule has 2 fully saturated rings. The van der Waals surface area contributed by atoms with Gasteiger partial charge in [-0.2, -0.15) is 13.2 Å². The Kier molecular flexibility index (Phi) is 4.14. The van der Waals surface area contributed by atoms with Crippen LogP contribution in [-0.2, 0) is 4.79 Å². The predicted molar refractivity (Wildman–Crippen MR) is 61.0 cm³/mol. The molecule has 0 aromatic carbocycles. The summed E-state index contributed by atoms with van der Waals surface area (Å²) < 4.78 is 37.8. The van der Waals surface area contributed by atoms with Gasteiger partial charge in [0.15, 0.2) is 0 Å². The van der Waals surface area contributed by atoms with Crippen LogP contribution in [0.15, 0.2) is 0 Å². The molecule has 0 radical (unpaired) electrons. The largest absolute Gasteiger partial charge is 0.391 e. The highest BCUT2D eigenvalue weighted by atomic mass is 19.4. The van der Waals surface area contributed by atoms with E-state index in [9.17, 15) is 18.0 Å². The Morgan fingerprint density at radius 1 is 1.11 bits per heavy atom. The van der Waals surface area contributed by atoms with Crippen molar-refractivity contribution in [3.8, 4) is 0 Å². The summed E-state index contributed by atoms with van der Waals surface area (Å²) in [6.45, 7) is 0.131. The molecule has 2 aliphatic rings. The fourth-order valence-corrected chi connectivity index (χ4v) is 2.42. The van der Waals surface area contributed by atoms with Crippen LogP contribution in [0.25, 0.3) is 0 Å². The lowest BCUT2D eigenvalue weighted by Crippen LogP contribution is -2.43. The first kappa shape index (κ1) is 13.6. The van der Waals surface area contributed by atoms with E-state index in [0.717, 1.165) is 19.3 Å². The summed E-state index contributed by atoms with van der Waals surface area (Å²) in [5, 5.41) is 5.76. The molecule has 0 aromatic rings. The molecule has 2 N–H and O–H groups in total. The summed E-state index contributed by atoms with van der Waals surface area (Å²) >= 11 is 0. The van der Waals surface area contributed by atoms with E-state index in [-0.39, 0.29) is 31.3 Å². The molecule has 0 heterocycles. The van der Waals surface area contributed by atoms with E-state index < -0.39 is 12.1 Å². The average Bonchev–Trinajstić information content (AvgIpc) is 3.10. The molecule has 0 aromatic heterocycles. The van der Waals surface area contributed by atoms with Gasteiger partial charge in [0.25, 0.3) is 0 Å². The van der Waals surface area contributed by atoms with Gasteiger partial charge in [-0.05, 0) is 32.1 Å². The lowest BCUT2D eigenvalue weighted by molar-refractivity contribution is -0.183. The molecule has 0 saturated heterocycles. The van der Waals surface area contributed by atoms with Crippen molar-refractivity contribution in [3.05, 3.63) is 0 Å². The molecular weight excluding hydrogens is 245 g/mol.